The third-order valence-electron chi connectivity index (χ3n) is 5.53. The van der Waals surface area contributed by atoms with Gasteiger partial charge in [0, 0.05) is 30.3 Å². The van der Waals surface area contributed by atoms with Gasteiger partial charge in [-0.3, -0.25) is 0 Å². The van der Waals surface area contributed by atoms with Crippen LogP contribution in [0.5, 0.6) is 5.75 Å². The minimum atomic E-state index is -4.57. The molecule has 1 saturated carbocycles. The van der Waals surface area contributed by atoms with Crippen LogP contribution in [-0.4, -0.2) is 38.4 Å². The van der Waals surface area contributed by atoms with Crippen LogP contribution < -0.4 is 15.4 Å². The maximum absolute atomic E-state index is 13.5. The fourth-order valence-corrected chi connectivity index (χ4v) is 3.72. The van der Waals surface area contributed by atoms with Crippen molar-refractivity contribution < 1.29 is 23.0 Å². The van der Waals surface area contributed by atoms with Crippen LogP contribution in [0, 0.1) is 0 Å². The second-order valence-corrected chi connectivity index (χ2v) is 8.02. The fraction of sp³-hybridized carbons (Fsp3) is 0.391. The Balaban J connectivity index is 1.40. The maximum atomic E-state index is 13.5. The molecule has 0 amide bonds. The highest BCUT2D eigenvalue weighted by Crippen LogP contribution is 2.35. The van der Waals surface area contributed by atoms with Gasteiger partial charge in [0.05, 0.1) is 12.6 Å². The van der Waals surface area contributed by atoms with Crippen LogP contribution in [0.2, 0.25) is 0 Å². The van der Waals surface area contributed by atoms with Gasteiger partial charge in [-0.05, 0) is 62.1 Å². The topological polar surface area (TPSA) is 84.2 Å². The van der Waals surface area contributed by atoms with Crippen molar-refractivity contribution in [2.45, 2.75) is 50.6 Å². The molecule has 0 bridgehead atoms. The molecule has 3 aromatic rings. The smallest absolute Gasteiger partial charge is 0.421 e. The largest absolute Gasteiger partial charge is 0.492 e. The normalized spacial score (nSPS) is 18.7. The lowest BCUT2D eigenvalue weighted by atomic mass is 9.93. The van der Waals surface area contributed by atoms with Crippen molar-refractivity contribution in [3.05, 3.63) is 60.6 Å². The van der Waals surface area contributed by atoms with E-state index in [4.69, 9.17) is 4.74 Å². The second kappa shape index (κ2) is 10.1. The van der Waals surface area contributed by atoms with E-state index in [9.17, 15) is 18.3 Å². The van der Waals surface area contributed by atoms with Crippen LogP contribution >= 0.6 is 0 Å². The van der Waals surface area contributed by atoms with E-state index < -0.39 is 17.8 Å². The van der Waals surface area contributed by atoms with E-state index >= 15 is 0 Å². The van der Waals surface area contributed by atoms with Crippen molar-refractivity contribution in [3.8, 4) is 5.75 Å². The van der Waals surface area contributed by atoms with Gasteiger partial charge in [0.15, 0.2) is 0 Å². The lowest BCUT2D eigenvalue weighted by Gasteiger charge is -2.27. The third kappa shape index (κ3) is 6.38. The summed E-state index contributed by atoms with van der Waals surface area (Å²) in [6.45, 7) is 1.23. The second-order valence-electron chi connectivity index (χ2n) is 8.02. The molecule has 0 atom stereocenters. The lowest BCUT2D eigenvalue weighted by molar-refractivity contribution is -0.137. The van der Waals surface area contributed by atoms with Crippen molar-refractivity contribution in [2.75, 3.05) is 17.2 Å². The number of aliphatic hydroxyl groups is 1. The molecule has 0 aliphatic heterocycles. The number of aromatic nitrogens is 3. The summed E-state index contributed by atoms with van der Waals surface area (Å²) in [7, 11) is 0. The Morgan fingerprint density at radius 1 is 1.06 bits per heavy atom. The van der Waals surface area contributed by atoms with Crippen molar-refractivity contribution >= 4 is 17.5 Å². The van der Waals surface area contributed by atoms with E-state index in [0.717, 1.165) is 12.7 Å². The quantitative estimate of drug-likeness (QED) is 0.446. The standard InChI is InChI=1S/C23H26F3N5O2/c24-23(25,26)20-15-27-22(30-21(20)28-16-3-7-18(32)8-4-16)29-17-5-9-19(10-6-17)33-14-13-31-11-1-2-12-31/h1-2,5-6,9-12,15-16,18,32H,3-4,7-8,13-14H2,(H2,27,28,29,30)/t16-,18+. The molecule has 3 N–H and O–H groups in total. The lowest BCUT2D eigenvalue weighted by Crippen LogP contribution is -2.29. The average molecular weight is 461 g/mol. The zero-order valence-electron chi connectivity index (χ0n) is 17.9. The first-order valence-electron chi connectivity index (χ1n) is 10.9. The number of alkyl halides is 3. The van der Waals surface area contributed by atoms with Crippen LogP contribution in [-0.2, 0) is 12.7 Å². The van der Waals surface area contributed by atoms with Crippen molar-refractivity contribution in [3.63, 3.8) is 0 Å². The zero-order chi connectivity index (χ0) is 23.3. The summed E-state index contributed by atoms with van der Waals surface area (Å²) in [6.07, 6.45) is 2.00. The highest BCUT2D eigenvalue weighted by molar-refractivity contribution is 5.57. The molecule has 1 aromatic carbocycles. The van der Waals surface area contributed by atoms with E-state index in [1.54, 1.807) is 24.3 Å². The molecule has 1 aliphatic carbocycles. The molecule has 1 aliphatic rings. The van der Waals surface area contributed by atoms with Crippen LogP contribution in [0.1, 0.15) is 31.2 Å². The molecular formula is C23H26F3N5O2. The number of aliphatic hydroxyl groups excluding tert-OH is 1. The van der Waals surface area contributed by atoms with Crippen LogP contribution in [0.4, 0.5) is 30.6 Å². The van der Waals surface area contributed by atoms with Crippen LogP contribution in [0.15, 0.2) is 55.0 Å². The van der Waals surface area contributed by atoms with Crippen molar-refractivity contribution in [1.82, 2.24) is 14.5 Å². The van der Waals surface area contributed by atoms with Gasteiger partial charge in [-0.1, -0.05) is 0 Å². The fourth-order valence-electron chi connectivity index (χ4n) is 3.72. The molecule has 0 unspecified atom stereocenters. The molecule has 1 fully saturated rings. The van der Waals surface area contributed by atoms with Gasteiger partial charge in [-0.25, -0.2) is 4.98 Å². The van der Waals surface area contributed by atoms with E-state index in [1.807, 2.05) is 29.1 Å². The Morgan fingerprint density at radius 2 is 1.76 bits per heavy atom. The SMILES string of the molecule is O[C@H]1CC[C@@H](Nc2nc(Nc3ccc(OCCn4cccc4)cc3)ncc2C(F)(F)F)CC1. The summed E-state index contributed by atoms with van der Waals surface area (Å²) >= 11 is 0. The molecule has 0 spiro atoms. The van der Waals surface area contributed by atoms with Crippen LogP contribution in [0.3, 0.4) is 0 Å². The van der Waals surface area contributed by atoms with Crippen molar-refractivity contribution in [1.29, 1.82) is 0 Å². The molecule has 33 heavy (non-hydrogen) atoms. The molecule has 0 saturated heterocycles. The van der Waals surface area contributed by atoms with Crippen LogP contribution in [0.25, 0.3) is 0 Å². The molecular weight excluding hydrogens is 435 g/mol. The predicted octanol–water partition coefficient (Wildman–Crippen LogP) is 4.83. The first kappa shape index (κ1) is 22.9. The number of anilines is 3. The first-order chi connectivity index (χ1) is 15.9. The van der Waals surface area contributed by atoms with Gasteiger partial charge >= 0.3 is 6.18 Å². The van der Waals surface area contributed by atoms with E-state index in [0.29, 0.717) is 43.7 Å². The summed E-state index contributed by atoms with van der Waals surface area (Å²) in [6, 6.07) is 10.8. The number of hydrogen-bond acceptors (Lipinski definition) is 6. The van der Waals surface area contributed by atoms with Gasteiger partial charge in [0.1, 0.15) is 23.7 Å². The molecule has 4 rings (SSSR count). The zero-order valence-corrected chi connectivity index (χ0v) is 17.9. The molecule has 0 radical (unpaired) electrons. The summed E-state index contributed by atoms with van der Waals surface area (Å²) in [4.78, 5) is 7.95. The molecule has 176 valence electrons. The summed E-state index contributed by atoms with van der Waals surface area (Å²) in [5.74, 6) is 0.483. The van der Waals surface area contributed by atoms with E-state index in [1.165, 1.54) is 0 Å². The Hall–Kier alpha value is -3.27. The number of benzene rings is 1. The number of hydrogen-bond donors (Lipinski definition) is 3. The predicted molar refractivity (Wildman–Crippen MR) is 119 cm³/mol. The maximum Gasteiger partial charge on any atom is 0.421 e. The Labute approximate surface area is 189 Å². The molecule has 7 nitrogen and oxygen atoms in total. The summed E-state index contributed by atoms with van der Waals surface area (Å²) < 4.78 is 48.1. The van der Waals surface area contributed by atoms with Gasteiger partial charge in [0.2, 0.25) is 5.95 Å². The van der Waals surface area contributed by atoms with Gasteiger partial charge in [-0.15, -0.1) is 0 Å². The molecule has 2 aromatic heterocycles. The minimum absolute atomic E-state index is 0.0580. The van der Waals surface area contributed by atoms with E-state index in [2.05, 4.69) is 20.6 Å². The molecule has 10 heteroatoms. The third-order valence-corrected chi connectivity index (χ3v) is 5.53. The highest BCUT2D eigenvalue weighted by Gasteiger charge is 2.36. The highest BCUT2D eigenvalue weighted by atomic mass is 19.4. The monoisotopic (exact) mass is 461 g/mol. The summed E-state index contributed by atoms with van der Waals surface area (Å²) in [5, 5.41) is 15.5. The van der Waals surface area contributed by atoms with Crippen molar-refractivity contribution in [2.24, 2.45) is 0 Å². The van der Waals surface area contributed by atoms with Gasteiger partial charge in [-0.2, -0.15) is 18.2 Å². The number of halogens is 3. The number of rotatable bonds is 8. The number of nitrogens with one attached hydrogen (secondary N) is 2. The first-order valence-corrected chi connectivity index (χ1v) is 10.9. The van der Waals surface area contributed by atoms with E-state index in [-0.39, 0.29) is 17.8 Å². The Morgan fingerprint density at radius 3 is 2.42 bits per heavy atom. The Bertz CT molecular complexity index is 1020. The van der Waals surface area contributed by atoms with Gasteiger partial charge < -0.3 is 25.0 Å². The minimum Gasteiger partial charge on any atom is -0.492 e. The Kier molecular flexibility index (Phi) is 7.02. The van der Waals surface area contributed by atoms with Gasteiger partial charge in [0.25, 0.3) is 0 Å². The molecule has 2 heterocycles. The average Bonchev–Trinajstić information content (AvgIpc) is 3.30. The number of nitrogens with zero attached hydrogens (tertiary/aromatic N) is 3. The number of ether oxygens (including phenoxy) is 1. The summed E-state index contributed by atoms with van der Waals surface area (Å²) in [5.41, 5.74) is -0.287.